The van der Waals surface area contributed by atoms with E-state index in [0.717, 1.165) is 4.57 Å². The number of ether oxygens (including phenoxy) is 1. The molecule has 3 rings (SSSR count). The Morgan fingerprint density at radius 2 is 2.00 bits per heavy atom. The van der Waals surface area contributed by atoms with Gasteiger partial charge in [0, 0.05) is 19.1 Å². The number of hydrogen-bond acceptors (Lipinski definition) is 5. The Morgan fingerprint density at radius 3 is 2.68 bits per heavy atom. The molecule has 0 N–H and O–H groups in total. The first kappa shape index (κ1) is 17.4. The highest BCUT2D eigenvalue weighted by Gasteiger charge is 2.17. The second kappa shape index (κ2) is 6.49. The molecule has 25 heavy (non-hydrogen) atoms. The van der Waals surface area contributed by atoms with E-state index in [-0.39, 0.29) is 17.7 Å². The van der Waals surface area contributed by atoms with Gasteiger partial charge in [0.2, 0.25) is 0 Å². The van der Waals surface area contributed by atoms with E-state index in [4.69, 9.17) is 16.3 Å². The van der Waals surface area contributed by atoms with Gasteiger partial charge in [-0.05, 0) is 34.1 Å². The standard InChI is InChI=1S/C15H12BrClN4O4/c1-19-13-12(14(23)20(2)15(19)24)21(7-18-13)6-11(22)25-10-4-3-8(17)5-9(10)16/h3-5,7H,6H2,1-2H3. The molecule has 0 atom stereocenters. The van der Waals surface area contributed by atoms with Crippen molar-refractivity contribution in [2.75, 3.05) is 0 Å². The van der Waals surface area contributed by atoms with Gasteiger partial charge in [-0.2, -0.15) is 0 Å². The van der Waals surface area contributed by atoms with Crippen molar-refractivity contribution in [2.24, 2.45) is 14.1 Å². The van der Waals surface area contributed by atoms with Gasteiger partial charge in [0.05, 0.1) is 10.8 Å². The first-order valence-corrected chi connectivity index (χ1v) is 8.23. The maximum absolute atomic E-state index is 12.3. The number of carbonyl (C=O) groups excluding carboxylic acids is 1. The Labute approximate surface area is 154 Å². The van der Waals surface area contributed by atoms with Crippen LogP contribution in [0.15, 0.2) is 38.6 Å². The Morgan fingerprint density at radius 1 is 1.28 bits per heavy atom. The molecular formula is C15H12BrClN4O4. The molecule has 0 aliphatic heterocycles. The van der Waals surface area contributed by atoms with Crippen molar-refractivity contribution in [3.8, 4) is 5.75 Å². The van der Waals surface area contributed by atoms with E-state index in [1.807, 2.05) is 0 Å². The number of rotatable bonds is 3. The highest BCUT2D eigenvalue weighted by atomic mass is 79.9. The second-order valence-corrected chi connectivity index (χ2v) is 6.59. The maximum Gasteiger partial charge on any atom is 0.332 e. The van der Waals surface area contributed by atoms with Crippen molar-refractivity contribution in [1.82, 2.24) is 18.7 Å². The van der Waals surface area contributed by atoms with Gasteiger partial charge in [-0.25, -0.2) is 14.6 Å². The molecule has 0 aliphatic carbocycles. The fourth-order valence-corrected chi connectivity index (χ4v) is 3.13. The number of hydrogen-bond donors (Lipinski definition) is 0. The number of esters is 1. The van der Waals surface area contributed by atoms with Crippen LogP contribution in [0, 0.1) is 0 Å². The van der Waals surface area contributed by atoms with Crippen LogP contribution < -0.4 is 16.0 Å². The van der Waals surface area contributed by atoms with Crippen LogP contribution in [0.1, 0.15) is 0 Å². The quantitative estimate of drug-likeness (QED) is 0.466. The Balaban J connectivity index is 1.94. The molecule has 0 amide bonds. The lowest BCUT2D eigenvalue weighted by Gasteiger charge is -2.08. The van der Waals surface area contributed by atoms with Gasteiger partial charge < -0.3 is 9.30 Å². The van der Waals surface area contributed by atoms with Crippen molar-refractivity contribution < 1.29 is 9.53 Å². The van der Waals surface area contributed by atoms with Crippen LogP contribution in [0.3, 0.4) is 0 Å². The van der Waals surface area contributed by atoms with Crippen LogP contribution >= 0.6 is 27.5 Å². The molecule has 0 saturated heterocycles. The van der Waals surface area contributed by atoms with E-state index < -0.39 is 17.2 Å². The molecule has 8 nitrogen and oxygen atoms in total. The summed E-state index contributed by atoms with van der Waals surface area (Å²) >= 11 is 9.11. The van der Waals surface area contributed by atoms with E-state index >= 15 is 0 Å². The monoisotopic (exact) mass is 426 g/mol. The molecule has 1 aromatic carbocycles. The number of imidazole rings is 1. The van der Waals surface area contributed by atoms with Crippen LogP contribution in [0.25, 0.3) is 11.2 Å². The molecule has 10 heteroatoms. The first-order chi connectivity index (χ1) is 11.8. The Hall–Kier alpha value is -2.39. The zero-order valence-electron chi connectivity index (χ0n) is 13.2. The number of aryl methyl sites for hydroxylation is 1. The topological polar surface area (TPSA) is 88.1 Å². The molecule has 0 saturated carbocycles. The number of halogens is 2. The van der Waals surface area contributed by atoms with Gasteiger partial charge in [0.15, 0.2) is 11.2 Å². The SMILES string of the molecule is Cn1c(=O)c2c(ncn2CC(=O)Oc2ccc(Cl)cc2Br)n(C)c1=O. The average Bonchev–Trinajstić information content (AvgIpc) is 2.97. The molecule has 0 spiro atoms. The molecule has 3 aromatic rings. The lowest BCUT2D eigenvalue weighted by Crippen LogP contribution is -2.37. The zero-order valence-corrected chi connectivity index (χ0v) is 15.5. The number of carbonyl (C=O) groups is 1. The maximum atomic E-state index is 12.3. The molecule has 0 radical (unpaired) electrons. The summed E-state index contributed by atoms with van der Waals surface area (Å²) in [4.78, 5) is 40.5. The number of nitrogens with zero attached hydrogens (tertiary/aromatic N) is 4. The highest BCUT2D eigenvalue weighted by molar-refractivity contribution is 9.10. The molecule has 0 fully saturated rings. The van der Waals surface area contributed by atoms with E-state index in [9.17, 15) is 14.4 Å². The molecule has 2 aromatic heterocycles. The van der Waals surface area contributed by atoms with E-state index in [2.05, 4.69) is 20.9 Å². The fourth-order valence-electron chi connectivity index (χ4n) is 2.37. The molecule has 2 heterocycles. The van der Waals surface area contributed by atoms with Crippen molar-refractivity contribution in [1.29, 1.82) is 0 Å². The number of aromatic nitrogens is 4. The molecule has 130 valence electrons. The Kier molecular flexibility index (Phi) is 4.53. The van der Waals surface area contributed by atoms with E-state index in [1.54, 1.807) is 18.2 Å². The van der Waals surface area contributed by atoms with Crippen LogP contribution in [0.2, 0.25) is 5.02 Å². The largest absolute Gasteiger partial charge is 0.424 e. The summed E-state index contributed by atoms with van der Waals surface area (Å²) in [7, 11) is 2.87. The normalized spacial score (nSPS) is 11.0. The van der Waals surface area contributed by atoms with Crippen molar-refractivity contribution in [3.05, 3.63) is 54.9 Å². The Bertz CT molecular complexity index is 1120. The summed E-state index contributed by atoms with van der Waals surface area (Å²) in [6, 6.07) is 4.74. The summed E-state index contributed by atoms with van der Waals surface area (Å²) in [5.41, 5.74) is -0.670. The molecular weight excluding hydrogens is 416 g/mol. The van der Waals surface area contributed by atoms with Gasteiger partial charge in [0.25, 0.3) is 5.56 Å². The summed E-state index contributed by atoms with van der Waals surface area (Å²) in [6.07, 6.45) is 1.32. The third-order valence-electron chi connectivity index (χ3n) is 3.63. The number of benzene rings is 1. The minimum atomic E-state index is -0.599. The summed E-state index contributed by atoms with van der Waals surface area (Å²) < 4.78 is 9.36. The number of fused-ring (bicyclic) bond motifs is 1. The summed E-state index contributed by atoms with van der Waals surface area (Å²) in [6.45, 7) is -0.237. The second-order valence-electron chi connectivity index (χ2n) is 5.30. The van der Waals surface area contributed by atoms with Crippen LogP contribution in [0.5, 0.6) is 5.75 Å². The van der Waals surface area contributed by atoms with Gasteiger partial charge in [-0.3, -0.25) is 13.9 Å². The predicted octanol–water partition coefficient (Wildman–Crippen LogP) is 1.46. The molecule has 0 aliphatic rings. The minimum Gasteiger partial charge on any atom is -0.424 e. The van der Waals surface area contributed by atoms with Crippen molar-refractivity contribution in [3.63, 3.8) is 0 Å². The van der Waals surface area contributed by atoms with Crippen molar-refractivity contribution >= 4 is 44.7 Å². The van der Waals surface area contributed by atoms with E-state index in [1.165, 1.54) is 29.6 Å². The zero-order chi connectivity index (χ0) is 18.3. The summed E-state index contributed by atoms with van der Waals surface area (Å²) in [5.74, 6) is -0.294. The van der Waals surface area contributed by atoms with Crippen LogP contribution in [0.4, 0.5) is 0 Å². The third-order valence-corrected chi connectivity index (χ3v) is 4.49. The van der Waals surface area contributed by atoms with E-state index in [0.29, 0.717) is 15.2 Å². The highest BCUT2D eigenvalue weighted by Crippen LogP contribution is 2.28. The van der Waals surface area contributed by atoms with Gasteiger partial charge >= 0.3 is 11.7 Å². The lowest BCUT2D eigenvalue weighted by atomic mass is 10.3. The van der Waals surface area contributed by atoms with Gasteiger partial charge in [-0.15, -0.1) is 0 Å². The van der Waals surface area contributed by atoms with Gasteiger partial charge in [-0.1, -0.05) is 11.6 Å². The fraction of sp³-hybridized carbons (Fsp3) is 0.200. The third kappa shape index (κ3) is 3.12. The summed E-state index contributed by atoms with van der Waals surface area (Å²) in [5, 5.41) is 0.497. The van der Waals surface area contributed by atoms with Gasteiger partial charge in [0.1, 0.15) is 12.3 Å². The average molecular weight is 428 g/mol. The predicted molar refractivity (Wildman–Crippen MR) is 95.0 cm³/mol. The van der Waals surface area contributed by atoms with Crippen LogP contribution in [-0.2, 0) is 25.4 Å². The van der Waals surface area contributed by atoms with Crippen molar-refractivity contribution in [2.45, 2.75) is 6.54 Å². The minimum absolute atomic E-state index is 0.150. The lowest BCUT2D eigenvalue weighted by molar-refractivity contribution is -0.135. The first-order valence-electron chi connectivity index (χ1n) is 7.06. The molecule has 0 unspecified atom stereocenters. The van der Waals surface area contributed by atoms with Crippen LogP contribution in [-0.4, -0.2) is 24.7 Å². The molecule has 0 bridgehead atoms. The smallest absolute Gasteiger partial charge is 0.332 e.